The maximum Gasteiger partial charge on any atom is 0.260 e. The van der Waals surface area contributed by atoms with Crippen molar-refractivity contribution in [1.29, 1.82) is 0 Å². The van der Waals surface area contributed by atoms with Crippen molar-refractivity contribution in [1.82, 2.24) is 14.7 Å². The van der Waals surface area contributed by atoms with Crippen LogP contribution < -0.4 is 0 Å². The Morgan fingerprint density at radius 3 is 2.50 bits per heavy atom. The van der Waals surface area contributed by atoms with Gasteiger partial charge in [0, 0.05) is 19.1 Å². The van der Waals surface area contributed by atoms with Crippen LogP contribution in [0.5, 0.6) is 0 Å². The van der Waals surface area contributed by atoms with Gasteiger partial charge in [0.2, 0.25) is 5.95 Å². The second kappa shape index (κ2) is 6.97. The third-order valence-corrected chi connectivity index (χ3v) is 7.23. The van der Waals surface area contributed by atoms with Gasteiger partial charge in [-0.25, -0.2) is 4.68 Å². The van der Waals surface area contributed by atoms with Crippen molar-refractivity contribution in [3.63, 3.8) is 0 Å². The molecule has 4 unspecified atom stereocenters. The second-order valence-corrected chi connectivity index (χ2v) is 8.86. The summed E-state index contributed by atoms with van der Waals surface area (Å²) in [5, 5.41) is 4.13. The lowest BCUT2D eigenvalue weighted by Crippen LogP contribution is -2.49. The average Bonchev–Trinajstić information content (AvgIpc) is 3.42. The van der Waals surface area contributed by atoms with Gasteiger partial charge < -0.3 is 4.90 Å². The molecule has 4 nitrogen and oxygen atoms in total. The molecule has 26 heavy (non-hydrogen) atoms. The molecular weight excluding hydrogens is 329 g/mol. The Labute approximate surface area is 156 Å². The molecule has 0 aromatic carbocycles. The van der Waals surface area contributed by atoms with Crippen LogP contribution in [0.15, 0.2) is 0 Å². The summed E-state index contributed by atoms with van der Waals surface area (Å²) in [7, 11) is 1.57. The Morgan fingerprint density at radius 2 is 1.85 bits per heavy atom. The van der Waals surface area contributed by atoms with Gasteiger partial charge in [0.15, 0.2) is 0 Å². The van der Waals surface area contributed by atoms with Crippen LogP contribution in [0.4, 0.5) is 4.39 Å². The van der Waals surface area contributed by atoms with Gasteiger partial charge in [-0.05, 0) is 57.3 Å². The minimum absolute atomic E-state index is 0.138. The van der Waals surface area contributed by atoms with E-state index in [9.17, 15) is 9.18 Å². The number of halogens is 1. The quantitative estimate of drug-likeness (QED) is 0.794. The maximum absolute atomic E-state index is 14.5. The van der Waals surface area contributed by atoms with Crippen molar-refractivity contribution >= 4 is 5.91 Å². The summed E-state index contributed by atoms with van der Waals surface area (Å²) in [6, 6.07) is 0.486. The van der Waals surface area contributed by atoms with Gasteiger partial charge in [0.05, 0.1) is 5.69 Å². The van der Waals surface area contributed by atoms with Gasteiger partial charge in [0.1, 0.15) is 5.56 Å². The smallest absolute Gasteiger partial charge is 0.260 e. The molecule has 0 radical (unpaired) electrons. The molecule has 0 bridgehead atoms. The number of hydrogen-bond donors (Lipinski definition) is 0. The largest absolute Gasteiger partial charge is 0.332 e. The van der Waals surface area contributed by atoms with Crippen LogP contribution in [0.2, 0.25) is 0 Å². The van der Waals surface area contributed by atoms with E-state index < -0.39 is 5.95 Å². The summed E-state index contributed by atoms with van der Waals surface area (Å²) in [5.41, 5.74) is 0.689. The van der Waals surface area contributed by atoms with Gasteiger partial charge in [-0.2, -0.15) is 9.49 Å². The van der Waals surface area contributed by atoms with Crippen molar-refractivity contribution in [2.45, 2.75) is 83.7 Å². The normalized spacial score (nSPS) is 29.9. The van der Waals surface area contributed by atoms with Crippen molar-refractivity contribution in [2.75, 3.05) is 0 Å². The Morgan fingerprint density at radius 1 is 1.15 bits per heavy atom. The van der Waals surface area contributed by atoms with Crippen molar-refractivity contribution in [3.05, 3.63) is 17.2 Å². The van der Waals surface area contributed by atoms with E-state index in [0.717, 1.165) is 24.7 Å². The van der Waals surface area contributed by atoms with Gasteiger partial charge in [-0.1, -0.05) is 32.1 Å². The van der Waals surface area contributed by atoms with Crippen LogP contribution in [0.1, 0.15) is 80.8 Å². The summed E-state index contributed by atoms with van der Waals surface area (Å²) in [5.74, 6) is 1.53. The Balaban J connectivity index is 1.60. The monoisotopic (exact) mass is 361 g/mol. The summed E-state index contributed by atoms with van der Waals surface area (Å²) < 4.78 is 15.7. The molecule has 144 valence electrons. The highest BCUT2D eigenvalue weighted by Crippen LogP contribution is 2.47. The third kappa shape index (κ3) is 3.07. The fraction of sp³-hybridized carbons (Fsp3) is 0.810. The minimum atomic E-state index is -0.496. The first-order chi connectivity index (χ1) is 12.5. The number of nitrogens with zero attached hydrogens (tertiary/aromatic N) is 3. The number of carbonyl (C=O) groups is 1. The zero-order chi connectivity index (χ0) is 18.4. The molecule has 1 amide bonds. The molecule has 1 heterocycles. The van der Waals surface area contributed by atoms with E-state index in [1.807, 2.05) is 4.90 Å². The number of fused-ring (bicyclic) bond motifs is 1. The summed E-state index contributed by atoms with van der Waals surface area (Å²) in [4.78, 5) is 15.4. The lowest BCUT2D eigenvalue weighted by atomic mass is 9.63. The predicted molar refractivity (Wildman–Crippen MR) is 99.3 cm³/mol. The van der Waals surface area contributed by atoms with Crippen LogP contribution >= 0.6 is 0 Å². The van der Waals surface area contributed by atoms with E-state index in [2.05, 4.69) is 12.0 Å². The zero-order valence-electron chi connectivity index (χ0n) is 16.4. The van der Waals surface area contributed by atoms with Crippen LogP contribution in [0.3, 0.4) is 0 Å². The van der Waals surface area contributed by atoms with Crippen molar-refractivity contribution < 1.29 is 9.18 Å². The van der Waals surface area contributed by atoms with Gasteiger partial charge >= 0.3 is 0 Å². The number of aryl methyl sites for hydroxylation is 2. The van der Waals surface area contributed by atoms with Crippen LogP contribution in [0, 0.1) is 30.6 Å². The summed E-state index contributed by atoms with van der Waals surface area (Å²) in [6.45, 7) is 3.96. The fourth-order valence-electron chi connectivity index (χ4n) is 5.83. The molecule has 0 saturated heterocycles. The lowest BCUT2D eigenvalue weighted by Gasteiger charge is -2.46. The van der Waals surface area contributed by atoms with Crippen LogP contribution in [-0.4, -0.2) is 32.7 Å². The number of hydrogen-bond acceptors (Lipinski definition) is 2. The molecule has 4 atom stereocenters. The van der Waals surface area contributed by atoms with Gasteiger partial charge in [0.25, 0.3) is 5.91 Å². The van der Waals surface area contributed by atoms with Gasteiger partial charge in [-0.15, -0.1) is 0 Å². The molecule has 0 N–H and O–H groups in total. The lowest BCUT2D eigenvalue weighted by molar-refractivity contribution is 0.0261. The van der Waals surface area contributed by atoms with Crippen molar-refractivity contribution in [3.8, 4) is 0 Å². The molecule has 1 aromatic rings. The molecule has 0 spiro atoms. The highest BCUT2D eigenvalue weighted by Gasteiger charge is 2.45. The minimum Gasteiger partial charge on any atom is -0.332 e. The van der Waals surface area contributed by atoms with E-state index in [1.54, 1.807) is 14.0 Å². The molecule has 3 saturated carbocycles. The third-order valence-electron chi connectivity index (χ3n) is 7.23. The van der Waals surface area contributed by atoms with E-state index in [0.29, 0.717) is 17.7 Å². The predicted octanol–water partition coefficient (Wildman–Crippen LogP) is 4.47. The maximum atomic E-state index is 14.5. The second-order valence-electron chi connectivity index (χ2n) is 8.86. The summed E-state index contributed by atoms with van der Waals surface area (Å²) >= 11 is 0. The molecule has 3 aliphatic carbocycles. The number of rotatable bonds is 4. The Hall–Kier alpha value is -1.39. The first-order valence-corrected chi connectivity index (χ1v) is 10.5. The van der Waals surface area contributed by atoms with E-state index in [-0.39, 0.29) is 17.5 Å². The molecule has 1 aromatic heterocycles. The Bertz CT molecular complexity index is 679. The van der Waals surface area contributed by atoms with Crippen LogP contribution in [0.25, 0.3) is 0 Å². The summed E-state index contributed by atoms with van der Waals surface area (Å²) in [6.07, 6.45) is 11.3. The SMILES string of the molecule is Cc1nn(C)c(F)c1C(=O)N(C1CC1)C(C)C1CCCC2CCCCC21. The van der Waals surface area contributed by atoms with E-state index >= 15 is 0 Å². The molecule has 3 aliphatic rings. The average molecular weight is 362 g/mol. The zero-order valence-corrected chi connectivity index (χ0v) is 16.4. The highest BCUT2D eigenvalue weighted by atomic mass is 19.1. The first kappa shape index (κ1) is 18.0. The van der Waals surface area contributed by atoms with Crippen molar-refractivity contribution in [2.24, 2.45) is 24.8 Å². The van der Waals surface area contributed by atoms with Gasteiger partial charge in [-0.3, -0.25) is 4.79 Å². The van der Waals surface area contributed by atoms with E-state index in [4.69, 9.17) is 0 Å². The Kier molecular flexibility index (Phi) is 4.83. The molecular formula is C21H32FN3O. The highest BCUT2D eigenvalue weighted by molar-refractivity contribution is 5.96. The molecule has 0 aliphatic heterocycles. The van der Waals surface area contributed by atoms with E-state index in [1.165, 1.54) is 49.6 Å². The fourth-order valence-corrected chi connectivity index (χ4v) is 5.83. The standard InChI is InChI=1S/C21H32FN3O/c1-13-19(20(22)24(3)23-13)21(26)25(16-11-12-16)14(2)17-10-6-8-15-7-4-5-9-18(15)17/h14-18H,4-12H2,1-3H3. The first-order valence-electron chi connectivity index (χ1n) is 10.5. The molecule has 3 fully saturated rings. The molecule has 4 rings (SSSR count). The number of aromatic nitrogens is 2. The number of amides is 1. The number of carbonyl (C=O) groups excluding carboxylic acids is 1. The topological polar surface area (TPSA) is 38.1 Å². The van der Waals surface area contributed by atoms with Crippen LogP contribution in [-0.2, 0) is 7.05 Å². The molecule has 5 heteroatoms.